The Hall–Kier alpha value is -2.51. The largest absolute Gasteiger partial charge is 0.486 e. The van der Waals surface area contributed by atoms with E-state index < -0.39 is 0 Å². The quantitative estimate of drug-likeness (QED) is 0.725. The average molecular weight is 443 g/mol. The van der Waals surface area contributed by atoms with Gasteiger partial charge < -0.3 is 19.3 Å². The van der Waals surface area contributed by atoms with Crippen LogP contribution in [-0.4, -0.2) is 73.2 Å². The number of amides is 1. The molecule has 1 unspecified atom stereocenters. The van der Waals surface area contributed by atoms with E-state index in [4.69, 9.17) is 21.1 Å². The Bertz CT molecular complexity index is 931. The number of fused-ring (bicyclic) bond motifs is 1. The highest BCUT2D eigenvalue weighted by molar-refractivity contribution is 6.30. The predicted octanol–water partition coefficient (Wildman–Crippen LogP) is 2.99. The van der Waals surface area contributed by atoms with Crippen LogP contribution in [0.25, 0.3) is 0 Å². The first-order valence-corrected chi connectivity index (χ1v) is 11.3. The van der Waals surface area contributed by atoms with E-state index in [1.54, 1.807) is 6.20 Å². The summed E-state index contributed by atoms with van der Waals surface area (Å²) >= 11 is 5.94. The summed E-state index contributed by atoms with van der Waals surface area (Å²) in [5.74, 6) is 2.72. The van der Waals surface area contributed by atoms with Crippen LogP contribution < -0.4 is 14.4 Å². The van der Waals surface area contributed by atoms with Crippen LogP contribution in [0.5, 0.6) is 11.5 Å². The molecule has 0 bridgehead atoms. The third-order valence-corrected chi connectivity index (χ3v) is 6.51. The van der Waals surface area contributed by atoms with Crippen molar-refractivity contribution in [1.29, 1.82) is 0 Å². The van der Waals surface area contributed by atoms with E-state index >= 15 is 0 Å². The summed E-state index contributed by atoms with van der Waals surface area (Å²) in [7, 11) is 0. The standard InChI is InChI=1S/C23H27ClN4O3/c24-18-4-6-22(25-15-18)27-10-8-26(9-11-27)16-23(29)28-7-1-2-19(28)17-3-5-20-21(14-17)31-13-12-30-20/h3-6,14-15,19H,1-2,7-13,16H2. The first-order chi connectivity index (χ1) is 15.2. The predicted molar refractivity (Wildman–Crippen MR) is 119 cm³/mol. The molecular formula is C23H27ClN4O3. The molecule has 0 aliphatic carbocycles. The molecule has 3 aliphatic heterocycles. The van der Waals surface area contributed by atoms with Gasteiger partial charge >= 0.3 is 0 Å². The molecule has 3 aliphatic rings. The SMILES string of the molecule is O=C(CN1CCN(c2ccc(Cl)cn2)CC1)N1CCCC1c1ccc2c(c1)OCCO2. The van der Waals surface area contributed by atoms with Crippen LogP contribution in [0.3, 0.4) is 0 Å². The highest BCUT2D eigenvalue weighted by atomic mass is 35.5. The molecule has 0 spiro atoms. The van der Waals surface area contributed by atoms with Gasteiger partial charge in [0.1, 0.15) is 19.0 Å². The molecular weight excluding hydrogens is 416 g/mol. The van der Waals surface area contributed by atoms with Crippen molar-refractivity contribution in [3.8, 4) is 11.5 Å². The number of anilines is 1. The van der Waals surface area contributed by atoms with Gasteiger partial charge in [0.25, 0.3) is 0 Å². The Morgan fingerprint density at radius 2 is 1.84 bits per heavy atom. The number of piperazine rings is 1. The van der Waals surface area contributed by atoms with Gasteiger partial charge in [-0.25, -0.2) is 4.98 Å². The number of rotatable bonds is 4. The lowest BCUT2D eigenvalue weighted by Crippen LogP contribution is -2.50. The number of benzene rings is 1. The average Bonchev–Trinajstić information content (AvgIpc) is 3.30. The number of hydrogen-bond acceptors (Lipinski definition) is 6. The van der Waals surface area contributed by atoms with Gasteiger partial charge in [-0.15, -0.1) is 0 Å². The fourth-order valence-electron chi connectivity index (χ4n) is 4.65. The van der Waals surface area contributed by atoms with Crippen LogP contribution in [0.2, 0.25) is 5.02 Å². The molecule has 164 valence electrons. The summed E-state index contributed by atoms with van der Waals surface area (Å²) in [5.41, 5.74) is 1.13. The Balaban J connectivity index is 1.19. The summed E-state index contributed by atoms with van der Waals surface area (Å²) in [6, 6.07) is 10.0. The van der Waals surface area contributed by atoms with Crippen molar-refractivity contribution >= 4 is 23.3 Å². The molecule has 8 heteroatoms. The molecule has 31 heavy (non-hydrogen) atoms. The van der Waals surface area contributed by atoms with Gasteiger partial charge in [-0.3, -0.25) is 9.69 Å². The van der Waals surface area contributed by atoms with Crippen LogP contribution in [0.4, 0.5) is 5.82 Å². The summed E-state index contributed by atoms with van der Waals surface area (Å²) in [6.45, 7) is 5.83. The highest BCUT2D eigenvalue weighted by Crippen LogP contribution is 2.38. The Morgan fingerprint density at radius 3 is 2.61 bits per heavy atom. The number of nitrogens with zero attached hydrogens (tertiary/aromatic N) is 4. The summed E-state index contributed by atoms with van der Waals surface area (Å²) in [6.07, 6.45) is 3.69. The van der Waals surface area contributed by atoms with E-state index in [0.717, 1.165) is 68.4 Å². The number of likely N-dealkylation sites (tertiary alicyclic amines) is 1. The van der Waals surface area contributed by atoms with Gasteiger partial charge in [0, 0.05) is 38.9 Å². The van der Waals surface area contributed by atoms with Crippen molar-refractivity contribution in [3.63, 3.8) is 0 Å². The molecule has 4 heterocycles. The minimum atomic E-state index is 0.114. The molecule has 0 saturated carbocycles. The van der Waals surface area contributed by atoms with E-state index in [1.807, 2.05) is 29.2 Å². The van der Waals surface area contributed by atoms with Crippen LogP contribution >= 0.6 is 11.6 Å². The number of pyridine rings is 1. The van der Waals surface area contributed by atoms with Crippen LogP contribution in [0.1, 0.15) is 24.4 Å². The van der Waals surface area contributed by atoms with Gasteiger partial charge in [-0.1, -0.05) is 17.7 Å². The fourth-order valence-corrected chi connectivity index (χ4v) is 4.76. The number of carbonyl (C=O) groups is 1. The van der Waals surface area contributed by atoms with Gasteiger partial charge in [-0.2, -0.15) is 0 Å². The molecule has 2 aromatic rings. The number of hydrogen-bond donors (Lipinski definition) is 0. The first-order valence-electron chi connectivity index (χ1n) is 11.0. The molecule has 0 N–H and O–H groups in total. The Labute approximate surface area is 187 Å². The molecule has 2 saturated heterocycles. The maximum Gasteiger partial charge on any atom is 0.237 e. The van der Waals surface area contributed by atoms with Crippen molar-refractivity contribution in [2.24, 2.45) is 0 Å². The lowest BCUT2D eigenvalue weighted by Gasteiger charge is -2.36. The van der Waals surface area contributed by atoms with Gasteiger partial charge in [0.15, 0.2) is 11.5 Å². The minimum Gasteiger partial charge on any atom is -0.486 e. The Kier molecular flexibility index (Phi) is 5.87. The van der Waals surface area contributed by atoms with E-state index in [9.17, 15) is 4.79 Å². The zero-order chi connectivity index (χ0) is 21.2. The third-order valence-electron chi connectivity index (χ3n) is 6.29. The number of halogens is 1. The maximum absolute atomic E-state index is 13.2. The van der Waals surface area contributed by atoms with E-state index in [1.165, 1.54) is 0 Å². The van der Waals surface area contributed by atoms with Gasteiger partial charge in [0.05, 0.1) is 17.6 Å². The lowest BCUT2D eigenvalue weighted by molar-refractivity contribution is -0.133. The van der Waals surface area contributed by atoms with E-state index in [-0.39, 0.29) is 11.9 Å². The van der Waals surface area contributed by atoms with Crippen molar-refractivity contribution in [2.45, 2.75) is 18.9 Å². The van der Waals surface area contributed by atoms with Crippen molar-refractivity contribution in [1.82, 2.24) is 14.8 Å². The summed E-state index contributed by atoms with van der Waals surface area (Å²) in [5, 5.41) is 0.645. The Morgan fingerprint density at radius 1 is 1.03 bits per heavy atom. The van der Waals surface area contributed by atoms with Crippen LogP contribution in [-0.2, 0) is 4.79 Å². The van der Waals surface area contributed by atoms with Crippen LogP contribution in [0.15, 0.2) is 36.5 Å². The molecule has 1 amide bonds. The monoisotopic (exact) mass is 442 g/mol. The smallest absolute Gasteiger partial charge is 0.237 e. The normalized spacial score (nSPS) is 21.4. The van der Waals surface area contributed by atoms with Crippen molar-refractivity contribution in [2.75, 3.05) is 57.4 Å². The zero-order valence-electron chi connectivity index (χ0n) is 17.5. The number of carbonyl (C=O) groups excluding carboxylic acids is 1. The zero-order valence-corrected chi connectivity index (χ0v) is 18.3. The van der Waals surface area contributed by atoms with Gasteiger partial charge in [-0.05, 0) is 42.7 Å². The van der Waals surface area contributed by atoms with Gasteiger partial charge in [0.2, 0.25) is 5.91 Å². The maximum atomic E-state index is 13.2. The topological polar surface area (TPSA) is 58.1 Å². The number of ether oxygens (including phenoxy) is 2. The van der Waals surface area contributed by atoms with Crippen LogP contribution in [0, 0.1) is 0 Å². The fraction of sp³-hybridized carbons (Fsp3) is 0.478. The molecule has 7 nitrogen and oxygen atoms in total. The molecule has 5 rings (SSSR count). The summed E-state index contributed by atoms with van der Waals surface area (Å²) in [4.78, 5) is 24.1. The number of aromatic nitrogens is 1. The second-order valence-corrected chi connectivity index (χ2v) is 8.68. The third kappa shape index (κ3) is 4.43. The second-order valence-electron chi connectivity index (χ2n) is 8.25. The second kappa shape index (κ2) is 8.93. The molecule has 1 aromatic heterocycles. The molecule has 1 aromatic carbocycles. The summed E-state index contributed by atoms with van der Waals surface area (Å²) < 4.78 is 11.4. The van der Waals surface area contributed by atoms with Crippen molar-refractivity contribution < 1.29 is 14.3 Å². The molecule has 2 fully saturated rings. The minimum absolute atomic E-state index is 0.114. The highest BCUT2D eigenvalue weighted by Gasteiger charge is 2.32. The lowest BCUT2D eigenvalue weighted by atomic mass is 10.0. The molecule has 1 atom stereocenters. The first kappa shape index (κ1) is 20.4. The van der Waals surface area contributed by atoms with Crippen molar-refractivity contribution in [3.05, 3.63) is 47.1 Å². The van der Waals surface area contributed by atoms with E-state index in [2.05, 4.69) is 20.9 Å². The molecule has 0 radical (unpaired) electrons. The van der Waals surface area contributed by atoms with E-state index in [0.29, 0.717) is 24.8 Å².